The van der Waals surface area contributed by atoms with Crippen molar-refractivity contribution in [1.82, 2.24) is 10.6 Å². The Morgan fingerprint density at radius 1 is 0.581 bits per heavy atom. The Morgan fingerprint density at radius 3 is 1.35 bits per heavy atom. The third kappa shape index (κ3) is 10.4. The molecule has 0 radical (unpaired) electrons. The summed E-state index contributed by atoms with van der Waals surface area (Å²) in [6.07, 6.45) is 4.17. The van der Waals surface area contributed by atoms with Gasteiger partial charge in [0, 0.05) is 21.9 Å². The fourth-order valence-corrected chi connectivity index (χ4v) is 5.08. The van der Waals surface area contributed by atoms with Crippen molar-refractivity contribution in [2.24, 2.45) is 21.7 Å². The Balaban J connectivity index is 5.32. The molecule has 0 aromatic carbocycles. The van der Waals surface area contributed by atoms with Crippen LogP contribution in [0, 0.1) is 21.7 Å². The molecule has 1 unspecified atom stereocenters. The first kappa shape index (κ1) is 29.9. The summed E-state index contributed by atoms with van der Waals surface area (Å²) in [6.45, 7) is 29.5. The average Bonchev–Trinajstić information content (AvgIpc) is 2.49. The molecular formula is C27H54N2O2. The van der Waals surface area contributed by atoms with Crippen molar-refractivity contribution in [3.05, 3.63) is 0 Å². The van der Waals surface area contributed by atoms with Crippen LogP contribution in [0.15, 0.2) is 0 Å². The third-order valence-electron chi connectivity index (χ3n) is 6.53. The van der Waals surface area contributed by atoms with Gasteiger partial charge in [-0.15, -0.1) is 0 Å². The molecule has 4 nitrogen and oxygen atoms in total. The molecule has 2 N–H and O–H groups in total. The smallest absolute Gasteiger partial charge is 0.226 e. The van der Waals surface area contributed by atoms with Crippen LogP contribution in [0.3, 0.4) is 0 Å². The number of carbonyl (C=O) groups excluding carboxylic acids is 2. The maximum absolute atomic E-state index is 13.3. The molecule has 0 fully saturated rings. The molecule has 0 spiro atoms. The molecule has 184 valence electrons. The molecule has 0 heterocycles. The fourth-order valence-electron chi connectivity index (χ4n) is 5.08. The van der Waals surface area contributed by atoms with Crippen molar-refractivity contribution in [1.29, 1.82) is 0 Å². The summed E-state index contributed by atoms with van der Waals surface area (Å²) >= 11 is 0. The molecule has 0 aromatic rings. The Kier molecular flexibility index (Phi) is 9.49. The fraction of sp³-hybridized carbons (Fsp3) is 0.926. The highest BCUT2D eigenvalue weighted by molar-refractivity contribution is 5.83. The molecule has 0 aliphatic carbocycles. The van der Waals surface area contributed by atoms with E-state index in [4.69, 9.17) is 0 Å². The summed E-state index contributed by atoms with van der Waals surface area (Å²) in [5, 5.41) is 6.57. The van der Waals surface area contributed by atoms with Crippen LogP contribution in [0.5, 0.6) is 0 Å². The van der Waals surface area contributed by atoms with Gasteiger partial charge in [-0.2, -0.15) is 0 Å². The topological polar surface area (TPSA) is 58.2 Å². The van der Waals surface area contributed by atoms with Crippen LogP contribution in [-0.4, -0.2) is 22.9 Å². The van der Waals surface area contributed by atoms with Gasteiger partial charge in [0.1, 0.15) is 0 Å². The van der Waals surface area contributed by atoms with Gasteiger partial charge in [0.25, 0.3) is 0 Å². The monoisotopic (exact) mass is 438 g/mol. The lowest BCUT2D eigenvalue weighted by atomic mass is 9.70. The van der Waals surface area contributed by atoms with E-state index in [1.165, 1.54) is 0 Å². The van der Waals surface area contributed by atoms with E-state index in [0.717, 1.165) is 25.7 Å². The summed E-state index contributed by atoms with van der Waals surface area (Å²) in [5.41, 5.74) is -1.52. The molecule has 0 aliphatic heterocycles. The van der Waals surface area contributed by atoms with Gasteiger partial charge < -0.3 is 10.6 Å². The highest BCUT2D eigenvalue weighted by Crippen LogP contribution is 2.39. The number of hydrogen-bond donors (Lipinski definition) is 2. The first-order valence-corrected chi connectivity index (χ1v) is 12.2. The van der Waals surface area contributed by atoms with Crippen LogP contribution in [0.2, 0.25) is 0 Å². The molecule has 2 amide bonds. The second-order valence-electron chi connectivity index (χ2n) is 14.1. The first-order chi connectivity index (χ1) is 13.5. The van der Waals surface area contributed by atoms with Crippen LogP contribution in [0.4, 0.5) is 0 Å². The van der Waals surface area contributed by atoms with Gasteiger partial charge in [-0.05, 0) is 64.2 Å². The Hall–Kier alpha value is -1.06. The van der Waals surface area contributed by atoms with E-state index >= 15 is 0 Å². The predicted octanol–water partition coefficient (Wildman–Crippen LogP) is 6.87. The molecule has 4 heteroatoms. The van der Waals surface area contributed by atoms with E-state index in [9.17, 15) is 9.59 Å². The Bertz CT molecular complexity index is 624. The lowest BCUT2D eigenvalue weighted by Crippen LogP contribution is -2.57. The molecule has 0 aromatic heterocycles. The molecule has 0 aliphatic rings. The number of hydrogen-bond acceptors (Lipinski definition) is 2. The summed E-state index contributed by atoms with van der Waals surface area (Å²) in [4.78, 5) is 26.4. The second kappa shape index (κ2) is 9.83. The minimum absolute atomic E-state index is 0.0673. The molecule has 0 rings (SSSR count). The number of nitrogens with one attached hydrogen (secondary N) is 2. The zero-order valence-electron chi connectivity index (χ0n) is 23.4. The second-order valence-corrected chi connectivity index (χ2v) is 14.1. The highest BCUT2D eigenvalue weighted by atomic mass is 16.2. The van der Waals surface area contributed by atoms with E-state index in [1.807, 2.05) is 27.7 Å². The van der Waals surface area contributed by atoms with Crippen molar-refractivity contribution < 1.29 is 9.59 Å². The highest BCUT2D eigenvalue weighted by Gasteiger charge is 2.41. The lowest BCUT2D eigenvalue weighted by Gasteiger charge is -2.42. The van der Waals surface area contributed by atoms with Crippen molar-refractivity contribution in [3.8, 4) is 0 Å². The predicted molar refractivity (Wildman–Crippen MR) is 134 cm³/mol. The van der Waals surface area contributed by atoms with Gasteiger partial charge in [-0.25, -0.2) is 0 Å². The molecule has 1 atom stereocenters. The maximum Gasteiger partial charge on any atom is 0.226 e. The van der Waals surface area contributed by atoms with E-state index < -0.39 is 21.9 Å². The summed E-state index contributed by atoms with van der Waals surface area (Å²) in [5.74, 6) is 0.175. The number of rotatable bonds is 11. The normalized spacial score (nSPS) is 15.9. The van der Waals surface area contributed by atoms with Gasteiger partial charge in [-0.1, -0.05) is 75.7 Å². The van der Waals surface area contributed by atoms with Crippen molar-refractivity contribution >= 4 is 11.8 Å². The molecule has 0 saturated heterocycles. The Morgan fingerprint density at radius 2 is 1.00 bits per heavy atom. The summed E-state index contributed by atoms with van der Waals surface area (Å²) < 4.78 is 0. The zero-order valence-corrected chi connectivity index (χ0v) is 23.4. The third-order valence-corrected chi connectivity index (χ3v) is 6.53. The largest absolute Gasteiger partial charge is 0.351 e. The van der Waals surface area contributed by atoms with E-state index in [2.05, 4.69) is 79.9 Å². The maximum atomic E-state index is 13.3. The van der Waals surface area contributed by atoms with Gasteiger partial charge in [0.2, 0.25) is 11.8 Å². The van der Waals surface area contributed by atoms with Gasteiger partial charge >= 0.3 is 0 Å². The molecule has 0 saturated carbocycles. The molecule has 31 heavy (non-hydrogen) atoms. The van der Waals surface area contributed by atoms with Gasteiger partial charge in [0.15, 0.2) is 0 Å². The van der Waals surface area contributed by atoms with E-state index in [1.54, 1.807) is 0 Å². The average molecular weight is 439 g/mol. The van der Waals surface area contributed by atoms with Crippen molar-refractivity contribution in [2.75, 3.05) is 0 Å². The summed E-state index contributed by atoms with van der Waals surface area (Å²) in [6, 6.07) is 0. The van der Waals surface area contributed by atoms with Gasteiger partial charge in [0.05, 0.1) is 0 Å². The van der Waals surface area contributed by atoms with Crippen molar-refractivity contribution in [3.63, 3.8) is 0 Å². The van der Waals surface area contributed by atoms with E-state index in [-0.39, 0.29) is 22.6 Å². The minimum Gasteiger partial charge on any atom is -0.351 e. The zero-order chi connectivity index (χ0) is 25.1. The van der Waals surface area contributed by atoms with Crippen LogP contribution in [-0.2, 0) is 9.59 Å². The minimum atomic E-state index is -0.449. The Labute approximate surface area is 194 Å². The van der Waals surface area contributed by atoms with Crippen LogP contribution < -0.4 is 10.6 Å². The van der Waals surface area contributed by atoms with Crippen LogP contribution >= 0.6 is 0 Å². The molecular weight excluding hydrogens is 384 g/mol. The first-order valence-electron chi connectivity index (χ1n) is 12.2. The standard InChI is InChI=1S/C27H54N2O2/c1-15-23(6,7)18-27(14,16-2)21(31)29-26(12,13)19-25(10,11)28-20(30)24(8,9)17-22(3,4)5/h15-19H2,1-14H3,(H,28,30)(H,29,31). The molecule has 0 bridgehead atoms. The van der Waals surface area contributed by atoms with Gasteiger partial charge in [-0.3, -0.25) is 9.59 Å². The SMILES string of the molecule is CCC(C)(C)CC(C)(CC)C(=O)NC(C)(C)CC(C)(C)NC(=O)C(C)(C)CC(C)(C)C. The summed E-state index contributed by atoms with van der Waals surface area (Å²) in [7, 11) is 0. The van der Waals surface area contributed by atoms with Crippen LogP contribution in [0.1, 0.15) is 129 Å². The quantitative estimate of drug-likeness (QED) is 0.370. The van der Waals surface area contributed by atoms with Crippen molar-refractivity contribution in [2.45, 2.75) is 140 Å². The number of amides is 2. The van der Waals surface area contributed by atoms with E-state index in [0.29, 0.717) is 6.42 Å². The van der Waals surface area contributed by atoms with Crippen LogP contribution in [0.25, 0.3) is 0 Å². The number of carbonyl (C=O) groups is 2. The lowest BCUT2D eigenvalue weighted by molar-refractivity contribution is -0.134.